The van der Waals surface area contributed by atoms with Gasteiger partial charge in [0, 0.05) is 11.8 Å². The largest absolute Gasteiger partial charge is 0.490 e. The zero-order chi connectivity index (χ0) is 13.7. The molecule has 0 unspecified atom stereocenters. The SMILES string of the molecule is CC[C@H](N)C(=O)Nc1ccc(OC)c([N+](=O)[O-])c1. The first-order valence-electron chi connectivity index (χ1n) is 5.38. The molecule has 0 saturated heterocycles. The summed E-state index contributed by atoms with van der Waals surface area (Å²) in [5, 5.41) is 13.3. The van der Waals surface area contributed by atoms with Crippen LogP contribution >= 0.6 is 0 Å². The van der Waals surface area contributed by atoms with Crippen molar-refractivity contribution in [2.24, 2.45) is 5.73 Å². The highest BCUT2D eigenvalue weighted by molar-refractivity contribution is 5.95. The molecule has 0 aliphatic heterocycles. The number of rotatable bonds is 5. The van der Waals surface area contributed by atoms with Crippen molar-refractivity contribution in [3.63, 3.8) is 0 Å². The van der Waals surface area contributed by atoms with Crippen molar-refractivity contribution in [2.45, 2.75) is 19.4 Å². The summed E-state index contributed by atoms with van der Waals surface area (Å²) in [4.78, 5) is 21.8. The van der Waals surface area contributed by atoms with E-state index < -0.39 is 11.0 Å². The minimum Gasteiger partial charge on any atom is -0.490 e. The number of nitrogens with two attached hydrogens (primary N) is 1. The number of methoxy groups -OCH3 is 1. The van der Waals surface area contributed by atoms with E-state index in [2.05, 4.69) is 5.32 Å². The molecule has 0 aromatic heterocycles. The number of carbonyl (C=O) groups excluding carboxylic acids is 1. The highest BCUT2D eigenvalue weighted by Gasteiger charge is 2.17. The summed E-state index contributed by atoms with van der Waals surface area (Å²) in [5.74, 6) is -0.241. The Morgan fingerprint density at radius 2 is 2.28 bits per heavy atom. The maximum atomic E-state index is 11.5. The van der Waals surface area contributed by atoms with E-state index in [4.69, 9.17) is 10.5 Å². The summed E-state index contributed by atoms with van der Waals surface area (Å²) in [6.07, 6.45) is 0.490. The second-order valence-corrected chi connectivity index (χ2v) is 3.65. The summed E-state index contributed by atoms with van der Waals surface area (Å²) in [6.45, 7) is 1.78. The van der Waals surface area contributed by atoms with Crippen LogP contribution in [-0.2, 0) is 4.79 Å². The van der Waals surface area contributed by atoms with Gasteiger partial charge in [0.1, 0.15) is 0 Å². The van der Waals surface area contributed by atoms with Gasteiger partial charge in [0.15, 0.2) is 5.75 Å². The summed E-state index contributed by atoms with van der Waals surface area (Å²) in [7, 11) is 1.34. The zero-order valence-electron chi connectivity index (χ0n) is 10.2. The zero-order valence-corrected chi connectivity index (χ0v) is 10.2. The van der Waals surface area contributed by atoms with Crippen LogP contribution in [0.15, 0.2) is 18.2 Å². The molecule has 3 N–H and O–H groups in total. The Kier molecular flexibility index (Phi) is 4.61. The molecule has 98 valence electrons. The number of nitro groups is 1. The van der Waals surface area contributed by atoms with Gasteiger partial charge in [-0.05, 0) is 18.6 Å². The lowest BCUT2D eigenvalue weighted by atomic mass is 10.2. The molecule has 7 heteroatoms. The molecule has 18 heavy (non-hydrogen) atoms. The number of benzene rings is 1. The fourth-order valence-electron chi connectivity index (χ4n) is 1.33. The highest BCUT2D eigenvalue weighted by Crippen LogP contribution is 2.29. The second-order valence-electron chi connectivity index (χ2n) is 3.65. The van der Waals surface area contributed by atoms with Crippen molar-refractivity contribution in [1.29, 1.82) is 0 Å². The Labute approximate surface area is 104 Å². The van der Waals surface area contributed by atoms with Crippen molar-refractivity contribution in [1.82, 2.24) is 0 Å². The fraction of sp³-hybridized carbons (Fsp3) is 0.364. The molecular formula is C11H15N3O4. The van der Waals surface area contributed by atoms with Gasteiger partial charge in [0.2, 0.25) is 5.91 Å². The number of amides is 1. The topological polar surface area (TPSA) is 107 Å². The maximum Gasteiger partial charge on any atom is 0.312 e. The number of hydrogen-bond donors (Lipinski definition) is 2. The predicted molar refractivity (Wildman–Crippen MR) is 66.5 cm³/mol. The molecule has 0 heterocycles. The van der Waals surface area contributed by atoms with E-state index in [9.17, 15) is 14.9 Å². The molecule has 0 fully saturated rings. The van der Waals surface area contributed by atoms with E-state index in [-0.39, 0.29) is 17.3 Å². The van der Waals surface area contributed by atoms with Gasteiger partial charge in [-0.1, -0.05) is 6.92 Å². The fourth-order valence-corrected chi connectivity index (χ4v) is 1.33. The first-order chi connectivity index (χ1) is 8.49. The third-order valence-corrected chi connectivity index (χ3v) is 2.42. The lowest BCUT2D eigenvalue weighted by Crippen LogP contribution is -2.34. The van der Waals surface area contributed by atoms with Gasteiger partial charge in [-0.3, -0.25) is 14.9 Å². The van der Waals surface area contributed by atoms with Crippen LogP contribution < -0.4 is 15.8 Å². The molecule has 0 aliphatic carbocycles. The number of hydrogen-bond acceptors (Lipinski definition) is 5. The first kappa shape index (κ1) is 13.9. The highest BCUT2D eigenvalue weighted by atomic mass is 16.6. The van der Waals surface area contributed by atoms with Crippen LogP contribution in [-0.4, -0.2) is 24.0 Å². The summed E-state index contributed by atoms with van der Waals surface area (Å²) >= 11 is 0. The molecule has 0 saturated carbocycles. The van der Waals surface area contributed by atoms with Gasteiger partial charge in [0.05, 0.1) is 18.1 Å². The molecule has 0 radical (unpaired) electrons. The van der Waals surface area contributed by atoms with Crippen LogP contribution in [0.2, 0.25) is 0 Å². The van der Waals surface area contributed by atoms with Gasteiger partial charge in [-0.15, -0.1) is 0 Å². The normalized spacial score (nSPS) is 11.7. The molecule has 0 spiro atoms. The van der Waals surface area contributed by atoms with Crippen LogP contribution in [0.1, 0.15) is 13.3 Å². The Morgan fingerprint density at radius 3 is 2.78 bits per heavy atom. The summed E-state index contributed by atoms with van der Waals surface area (Å²) < 4.78 is 4.86. The minimum absolute atomic E-state index is 0.137. The number of nitrogens with zero attached hydrogens (tertiary/aromatic N) is 1. The lowest BCUT2D eigenvalue weighted by molar-refractivity contribution is -0.385. The van der Waals surface area contributed by atoms with E-state index in [0.29, 0.717) is 12.1 Å². The molecular weight excluding hydrogens is 238 g/mol. The molecule has 0 bridgehead atoms. The molecule has 1 amide bonds. The van der Waals surface area contributed by atoms with Crippen LogP contribution in [0, 0.1) is 10.1 Å². The predicted octanol–water partition coefficient (Wildman–Crippen LogP) is 1.28. The van der Waals surface area contributed by atoms with E-state index in [0.717, 1.165) is 0 Å². The van der Waals surface area contributed by atoms with E-state index in [1.165, 1.54) is 25.3 Å². The van der Waals surface area contributed by atoms with Crippen molar-refractivity contribution in [2.75, 3.05) is 12.4 Å². The molecule has 1 aromatic rings. The average molecular weight is 253 g/mol. The van der Waals surface area contributed by atoms with Crippen LogP contribution in [0.4, 0.5) is 11.4 Å². The van der Waals surface area contributed by atoms with Gasteiger partial charge >= 0.3 is 5.69 Å². The second kappa shape index (κ2) is 5.97. The van der Waals surface area contributed by atoms with E-state index >= 15 is 0 Å². The minimum atomic E-state index is -0.633. The smallest absolute Gasteiger partial charge is 0.312 e. The quantitative estimate of drug-likeness (QED) is 0.607. The van der Waals surface area contributed by atoms with Crippen molar-refractivity contribution >= 4 is 17.3 Å². The Hall–Kier alpha value is -2.15. The van der Waals surface area contributed by atoms with E-state index in [1.54, 1.807) is 6.92 Å². The molecule has 1 atom stereocenters. The standard InChI is InChI=1S/C11H15N3O4/c1-3-8(12)11(15)13-7-4-5-10(18-2)9(6-7)14(16)17/h4-6,8H,3,12H2,1-2H3,(H,13,15)/t8-/m0/s1. The Balaban J connectivity index is 2.95. The first-order valence-corrected chi connectivity index (χ1v) is 5.38. The summed E-state index contributed by atoms with van der Waals surface area (Å²) in [5.41, 5.74) is 5.66. The Morgan fingerprint density at radius 1 is 1.61 bits per heavy atom. The number of nitro benzene ring substituents is 1. The molecule has 1 rings (SSSR count). The third kappa shape index (κ3) is 3.17. The molecule has 7 nitrogen and oxygen atoms in total. The van der Waals surface area contributed by atoms with Crippen LogP contribution in [0.5, 0.6) is 5.75 Å². The average Bonchev–Trinajstić information content (AvgIpc) is 2.37. The van der Waals surface area contributed by atoms with Gasteiger partial charge in [0.25, 0.3) is 0 Å². The maximum absolute atomic E-state index is 11.5. The lowest BCUT2D eigenvalue weighted by Gasteiger charge is -2.10. The van der Waals surface area contributed by atoms with Gasteiger partial charge in [-0.2, -0.15) is 0 Å². The Bertz CT molecular complexity index is 462. The third-order valence-electron chi connectivity index (χ3n) is 2.42. The van der Waals surface area contributed by atoms with Crippen LogP contribution in [0.25, 0.3) is 0 Å². The monoisotopic (exact) mass is 253 g/mol. The summed E-state index contributed by atoms with van der Waals surface area (Å²) in [6, 6.07) is 3.54. The number of nitrogens with one attached hydrogen (secondary N) is 1. The number of ether oxygens (including phenoxy) is 1. The molecule has 1 aromatic carbocycles. The van der Waals surface area contributed by atoms with Gasteiger partial charge in [-0.25, -0.2) is 0 Å². The number of anilines is 1. The van der Waals surface area contributed by atoms with Crippen LogP contribution in [0.3, 0.4) is 0 Å². The van der Waals surface area contributed by atoms with Gasteiger partial charge < -0.3 is 15.8 Å². The van der Waals surface area contributed by atoms with Crippen molar-refractivity contribution in [3.8, 4) is 5.75 Å². The van der Waals surface area contributed by atoms with Crippen molar-refractivity contribution < 1.29 is 14.5 Å². The van der Waals surface area contributed by atoms with E-state index in [1.807, 2.05) is 0 Å². The molecule has 0 aliphatic rings. The number of carbonyl (C=O) groups is 1. The van der Waals surface area contributed by atoms with Crippen molar-refractivity contribution in [3.05, 3.63) is 28.3 Å².